The Bertz CT molecular complexity index is 1430. The lowest BCUT2D eigenvalue weighted by atomic mass is 10.1. The number of hydrogen-bond donors (Lipinski definition) is 1. The third-order valence-corrected chi connectivity index (χ3v) is 6.91. The first-order valence-electron chi connectivity index (χ1n) is 11.1. The van der Waals surface area contributed by atoms with Crippen molar-refractivity contribution in [3.63, 3.8) is 0 Å². The van der Waals surface area contributed by atoms with Crippen LogP contribution in [-0.2, 0) is 4.79 Å². The highest BCUT2D eigenvalue weighted by Gasteiger charge is 2.25. The van der Waals surface area contributed by atoms with Crippen molar-refractivity contribution in [3.8, 4) is 22.8 Å². The first-order valence-corrected chi connectivity index (χ1v) is 12.0. The molecule has 9 heteroatoms. The van der Waals surface area contributed by atoms with Gasteiger partial charge in [0.05, 0.1) is 16.6 Å². The fourth-order valence-corrected chi connectivity index (χ4v) is 4.76. The molecule has 4 aromatic rings. The van der Waals surface area contributed by atoms with E-state index < -0.39 is 5.25 Å². The predicted molar refractivity (Wildman–Crippen MR) is 134 cm³/mol. The van der Waals surface area contributed by atoms with Gasteiger partial charge < -0.3 is 10.1 Å². The van der Waals surface area contributed by atoms with Crippen LogP contribution in [0.2, 0.25) is 0 Å². The number of carbonyl (C=O) groups excluding carboxylic acids is 2. The lowest BCUT2D eigenvalue weighted by Gasteiger charge is -2.19. The summed E-state index contributed by atoms with van der Waals surface area (Å²) < 4.78 is 7.37. The van der Waals surface area contributed by atoms with Crippen LogP contribution in [0.25, 0.3) is 17.1 Å². The number of ketones is 1. The van der Waals surface area contributed by atoms with Crippen molar-refractivity contribution in [1.82, 2.24) is 19.7 Å². The van der Waals surface area contributed by atoms with Crippen LogP contribution in [0, 0.1) is 13.8 Å². The standard InChI is InChI=1S/C26H23N5O3S/c1-15-4-6-20(12-16(15)2)31-25(18-8-10-27-11-9-18)29-30-26(31)35-17(3)24(33)19-5-7-22-21(13-19)28-23(32)14-34-22/h4-13,17H,14H2,1-3H3,(H,28,32). The molecular weight excluding hydrogens is 462 g/mol. The average Bonchev–Trinajstić information content (AvgIpc) is 3.28. The first-order chi connectivity index (χ1) is 16.9. The number of aromatic nitrogens is 4. The number of carbonyl (C=O) groups is 2. The van der Waals surface area contributed by atoms with Gasteiger partial charge in [-0.05, 0) is 74.4 Å². The van der Waals surface area contributed by atoms with Gasteiger partial charge in [0.25, 0.3) is 5.91 Å². The van der Waals surface area contributed by atoms with E-state index in [0.717, 1.165) is 16.8 Å². The summed E-state index contributed by atoms with van der Waals surface area (Å²) in [4.78, 5) is 29.1. The highest BCUT2D eigenvalue weighted by atomic mass is 32.2. The summed E-state index contributed by atoms with van der Waals surface area (Å²) in [7, 11) is 0. The Labute approximate surface area is 206 Å². The van der Waals surface area contributed by atoms with Crippen LogP contribution in [0.3, 0.4) is 0 Å². The minimum Gasteiger partial charge on any atom is -0.482 e. The lowest BCUT2D eigenvalue weighted by Crippen LogP contribution is -2.25. The van der Waals surface area contributed by atoms with Crippen LogP contribution < -0.4 is 10.1 Å². The molecule has 0 saturated heterocycles. The topological polar surface area (TPSA) is 99.0 Å². The maximum Gasteiger partial charge on any atom is 0.262 e. The molecule has 1 unspecified atom stereocenters. The molecule has 2 aromatic carbocycles. The number of benzene rings is 2. The Balaban J connectivity index is 1.48. The zero-order chi connectivity index (χ0) is 24.5. The molecule has 1 aliphatic heterocycles. The molecule has 1 aliphatic rings. The number of nitrogens with one attached hydrogen (secondary N) is 1. The number of Topliss-reactive ketones (excluding diaryl/α,β-unsaturated/α-hetero) is 1. The van der Waals surface area contributed by atoms with Crippen LogP contribution in [0.4, 0.5) is 5.69 Å². The molecule has 1 amide bonds. The largest absolute Gasteiger partial charge is 0.482 e. The summed E-state index contributed by atoms with van der Waals surface area (Å²) in [6, 6.07) is 15.0. The van der Waals surface area contributed by atoms with Gasteiger partial charge in [-0.3, -0.25) is 19.1 Å². The number of rotatable bonds is 6. The van der Waals surface area contributed by atoms with Crippen molar-refractivity contribution in [2.75, 3.05) is 11.9 Å². The molecule has 0 bridgehead atoms. The number of aryl methyl sites for hydroxylation is 2. The number of nitrogens with zero attached hydrogens (tertiary/aromatic N) is 4. The van der Waals surface area contributed by atoms with E-state index in [-0.39, 0.29) is 18.3 Å². The van der Waals surface area contributed by atoms with Crippen LogP contribution in [0.5, 0.6) is 5.75 Å². The highest BCUT2D eigenvalue weighted by Crippen LogP contribution is 2.33. The second kappa shape index (κ2) is 9.34. The van der Waals surface area contributed by atoms with Crippen molar-refractivity contribution in [2.24, 2.45) is 0 Å². The molecule has 1 N–H and O–H groups in total. The van der Waals surface area contributed by atoms with Crippen LogP contribution in [0.1, 0.15) is 28.4 Å². The van der Waals surface area contributed by atoms with E-state index in [0.29, 0.717) is 28.0 Å². The van der Waals surface area contributed by atoms with Crippen LogP contribution in [0.15, 0.2) is 66.1 Å². The Morgan fingerprint density at radius 1 is 1.06 bits per heavy atom. The summed E-state index contributed by atoms with van der Waals surface area (Å²) in [6.07, 6.45) is 3.43. The monoisotopic (exact) mass is 485 g/mol. The molecule has 5 rings (SSSR count). The van der Waals surface area contributed by atoms with Gasteiger partial charge in [-0.25, -0.2) is 0 Å². The first kappa shape index (κ1) is 22.8. The minimum absolute atomic E-state index is 0.0273. The van der Waals surface area contributed by atoms with E-state index in [9.17, 15) is 9.59 Å². The summed E-state index contributed by atoms with van der Waals surface area (Å²) in [6.45, 7) is 5.94. The minimum atomic E-state index is -0.451. The van der Waals surface area contributed by atoms with Crippen molar-refractivity contribution >= 4 is 29.1 Å². The molecule has 0 spiro atoms. The fraction of sp³-hybridized carbons (Fsp3) is 0.192. The Morgan fingerprint density at radius 2 is 1.86 bits per heavy atom. The third kappa shape index (κ3) is 4.54. The van der Waals surface area contributed by atoms with E-state index >= 15 is 0 Å². The predicted octanol–water partition coefficient (Wildman–Crippen LogP) is 4.64. The molecule has 3 heterocycles. The molecule has 0 saturated carbocycles. The maximum atomic E-state index is 13.3. The maximum absolute atomic E-state index is 13.3. The number of thioether (sulfide) groups is 1. The van der Waals surface area contributed by atoms with Crippen molar-refractivity contribution in [3.05, 3.63) is 77.6 Å². The molecule has 0 aliphatic carbocycles. The van der Waals surface area contributed by atoms with Gasteiger partial charge in [0.2, 0.25) is 0 Å². The second-order valence-electron chi connectivity index (χ2n) is 8.32. The van der Waals surface area contributed by atoms with Gasteiger partial charge >= 0.3 is 0 Å². The number of pyridine rings is 1. The second-order valence-corrected chi connectivity index (χ2v) is 9.63. The molecule has 35 heavy (non-hydrogen) atoms. The van der Waals surface area contributed by atoms with Gasteiger partial charge in [0.15, 0.2) is 23.4 Å². The number of hydrogen-bond acceptors (Lipinski definition) is 7. The van der Waals surface area contributed by atoms with E-state index in [1.54, 1.807) is 30.6 Å². The zero-order valence-corrected chi connectivity index (χ0v) is 20.3. The number of fused-ring (bicyclic) bond motifs is 1. The third-order valence-electron chi connectivity index (χ3n) is 5.87. The van der Waals surface area contributed by atoms with E-state index in [1.807, 2.05) is 29.7 Å². The van der Waals surface area contributed by atoms with Crippen molar-refractivity contribution < 1.29 is 14.3 Å². The van der Waals surface area contributed by atoms with E-state index in [4.69, 9.17) is 4.74 Å². The molecular formula is C26H23N5O3S. The molecule has 8 nitrogen and oxygen atoms in total. The average molecular weight is 486 g/mol. The van der Waals surface area contributed by atoms with Gasteiger partial charge in [0, 0.05) is 23.5 Å². The smallest absolute Gasteiger partial charge is 0.262 e. The van der Waals surface area contributed by atoms with Crippen molar-refractivity contribution in [1.29, 1.82) is 0 Å². The summed E-state index contributed by atoms with van der Waals surface area (Å²) in [5.41, 5.74) is 5.12. The fourth-order valence-electron chi connectivity index (χ4n) is 3.81. The number of amides is 1. The molecule has 0 fully saturated rings. The van der Waals surface area contributed by atoms with Gasteiger partial charge in [-0.2, -0.15) is 0 Å². The Hall–Kier alpha value is -3.98. The molecule has 176 valence electrons. The van der Waals surface area contributed by atoms with Gasteiger partial charge in [-0.1, -0.05) is 17.8 Å². The quantitative estimate of drug-likeness (QED) is 0.314. The highest BCUT2D eigenvalue weighted by molar-refractivity contribution is 8.00. The molecule has 1 atom stereocenters. The van der Waals surface area contributed by atoms with Crippen molar-refractivity contribution in [2.45, 2.75) is 31.2 Å². The summed E-state index contributed by atoms with van der Waals surface area (Å²) in [5, 5.41) is 11.8. The zero-order valence-electron chi connectivity index (χ0n) is 19.5. The Kier molecular flexibility index (Phi) is 6.08. The summed E-state index contributed by atoms with van der Waals surface area (Å²) in [5.74, 6) is 0.900. The van der Waals surface area contributed by atoms with Crippen LogP contribution in [-0.4, -0.2) is 43.3 Å². The van der Waals surface area contributed by atoms with Gasteiger partial charge in [0.1, 0.15) is 5.75 Å². The summed E-state index contributed by atoms with van der Waals surface area (Å²) >= 11 is 1.34. The Morgan fingerprint density at radius 3 is 2.63 bits per heavy atom. The van der Waals surface area contributed by atoms with E-state index in [2.05, 4.69) is 46.5 Å². The number of ether oxygens (including phenoxy) is 1. The van der Waals surface area contributed by atoms with E-state index in [1.165, 1.54) is 17.3 Å². The van der Waals surface area contributed by atoms with Gasteiger partial charge in [-0.15, -0.1) is 10.2 Å². The number of anilines is 1. The van der Waals surface area contributed by atoms with Crippen LogP contribution >= 0.6 is 11.8 Å². The lowest BCUT2D eigenvalue weighted by molar-refractivity contribution is -0.118. The molecule has 0 radical (unpaired) electrons. The molecule has 2 aromatic heterocycles. The SMILES string of the molecule is Cc1ccc(-n2c(SC(C)C(=O)c3ccc4c(c3)NC(=O)CO4)nnc2-c2ccncc2)cc1C. The normalized spacial score (nSPS) is 13.5.